The van der Waals surface area contributed by atoms with Gasteiger partial charge in [0.25, 0.3) is 5.91 Å². The third kappa shape index (κ3) is 6.82. The highest BCUT2D eigenvalue weighted by atomic mass is 79.9. The van der Waals surface area contributed by atoms with Crippen LogP contribution in [0.15, 0.2) is 43.5 Å². The van der Waals surface area contributed by atoms with Crippen molar-refractivity contribution in [2.75, 3.05) is 24.6 Å². The van der Waals surface area contributed by atoms with Crippen LogP contribution in [-0.2, 0) is 28.7 Å². The second-order valence-electron chi connectivity index (χ2n) is 13.3. The van der Waals surface area contributed by atoms with Gasteiger partial charge in [0.1, 0.15) is 17.7 Å². The number of aryl methyl sites for hydroxylation is 2. The SMILES string of the molecule is C=CCCC(=O)NC[C@@H](C)OC(=O)[C@@H]1[C@H]2O[C@@]3(CC2Br)[C@H](C(=O)N(CC=C)c2cc(C)ccc2C)N([C@@H](CO)CC(C)C)C(=O)[C@@H]13. The number of carbonyl (C=O) groups is 4. The molecular formula is C35H48BrN3O7. The number of hydrogen-bond acceptors (Lipinski definition) is 7. The molecule has 1 aromatic rings. The number of alkyl halides is 1. The van der Waals surface area contributed by atoms with Gasteiger partial charge in [0.15, 0.2) is 0 Å². The lowest BCUT2D eigenvalue weighted by atomic mass is 9.70. The molecule has 1 aromatic carbocycles. The fourth-order valence-electron chi connectivity index (χ4n) is 7.32. The standard InChI is InChI=1S/C35H48BrN3O7/c1-8-10-11-27(41)37-18-23(7)45-34(44)28-29-32(42)39(24(19-40)15-20(3)4)31(35(29)17-25(36)30(28)46-35)33(43)38(14-9-2)26-16-21(5)12-13-22(26)6/h8-9,12-13,16,20,23-25,28-31,40H,1-2,10-11,14-15,17-19H2,3-7H3,(H,37,41)/t23-,24-,25?,28+,29-,30+,31+,35-/m1/s1. The lowest BCUT2D eigenvalue weighted by Crippen LogP contribution is -2.59. The van der Waals surface area contributed by atoms with Crippen molar-refractivity contribution in [3.05, 3.63) is 54.6 Å². The van der Waals surface area contributed by atoms with Gasteiger partial charge in [-0.05, 0) is 63.1 Å². The highest BCUT2D eigenvalue weighted by Crippen LogP contribution is 2.61. The first-order chi connectivity index (χ1) is 21.8. The molecule has 0 aliphatic carbocycles. The van der Waals surface area contributed by atoms with Gasteiger partial charge < -0.3 is 29.7 Å². The zero-order valence-corrected chi connectivity index (χ0v) is 29.1. The summed E-state index contributed by atoms with van der Waals surface area (Å²) in [6, 6.07) is 4.10. The smallest absolute Gasteiger partial charge is 0.312 e. The van der Waals surface area contributed by atoms with E-state index >= 15 is 0 Å². The number of esters is 1. The Morgan fingerprint density at radius 3 is 2.59 bits per heavy atom. The molecule has 0 saturated carbocycles. The average Bonchev–Trinajstić information content (AvgIpc) is 3.60. The van der Waals surface area contributed by atoms with Crippen LogP contribution < -0.4 is 10.2 Å². The van der Waals surface area contributed by atoms with Gasteiger partial charge in [0, 0.05) is 23.5 Å². The lowest BCUT2D eigenvalue weighted by Gasteiger charge is -2.40. The van der Waals surface area contributed by atoms with Crippen LogP contribution in [0.1, 0.15) is 57.6 Å². The Morgan fingerprint density at radius 2 is 1.96 bits per heavy atom. The Balaban J connectivity index is 1.73. The van der Waals surface area contributed by atoms with Crippen LogP contribution in [0.4, 0.5) is 5.69 Å². The Morgan fingerprint density at radius 1 is 1.24 bits per heavy atom. The average molecular weight is 703 g/mol. The summed E-state index contributed by atoms with van der Waals surface area (Å²) in [5, 5.41) is 13.4. The Bertz CT molecular complexity index is 1350. The molecule has 46 heavy (non-hydrogen) atoms. The zero-order valence-electron chi connectivity index (χ0n) is 27.5. The van der Waals surface area contributed by atoms with E-state index in [1.54, 1.807) is 24.0 Å². The number of ether oxygens (including phenoxy) is 2. The predicted octanol–water partition coefficient (Wildman–Crippen LogP) is 3.99. The summed E-state index contributed by atoms with van der Waals surface area (Å²) in [5.41, 5.74) is 1.23. The molecule has 0 radical (unpaired) electrons. The summed E-state index contributed by atoms with van der Waals surface area (Å²) in [6.07, 6.45) is 3.55. The van der Waals surface area contributed by atoms with Crippen molar-refractivity contribution in [3.63, 3.8) is 0 Å². The number of aliphatic hydroxyl groups is 1. The van der Waals surface area contributed by atoms with Crippen molar-refractivity contribution in [1.29, 1.82) is 0 Å². The molecule has 10 nitrogen and oxygen atoms in total. The number of aliphatic hydroxyl groups excluding tert-OH is 1. The normalized spacial score (nSPS) is 27.7. The second kappa shape index (κ2) is 14.8. The van der Waals surface area contributed by atoms with Gasteiger partial charge in [0.2, 0.25) is 11.8 Å². The van der Waals surface area contributed by atoms with Gasteiger partial charge in [-0.25, -0.2) is 0 Å². The maximum absolute atomic E-state index is 14.9. The minimum Gasteiger partial charge on any atom is -0.460 e. The molecule has 1 spiro atoms. The van der Waals surface area contributed by atoms with Crippen LogP contribution in [0.2, 0.25) is 0 Å². The van der Waals surface area contributed by atoms with E-state index in [0.717, 1.165) is 11.1 Å². The molecule has 4 rings (SSSR count). The predicted molar refractivity (Wildman–Crippen MR) is 179 cm³/mol. The molecule has 3 amide bonds. The van der Waals surface area contributed by atoms with E-state index in [-0.39, 0.29) is 48.7 Å². The Hall–Kier alpha value is -3.02. The van der Waals surface area contributed by atoms with Crippen LogP contribution in [-0.4, -0.2) is 88.1 Å². The van der Waals surface area contributed by atoms with Gasteiger partial charge in [-0.15, -0.1) is 13.2 Å². The molecule has 3 saturated heterocycles. The minimum atomic E-state index is -1.32. The summed E-state index contributed by atoms with van der Waals surface area (Å²) >= 11 is 3.70. The molecule has 8 atom stereocenters. The van der Waals surface area contributed by atoms with E-state index in [4.69, 9.17) is 9.47 Å². The number of nitrogens with one attached hydrogen (secondary N) is 1. The molecule has 3 heterocycles. The number of carbonyl (C=O) groups excluding carboxylic acids is 4. The number of nitrogens with zero attached hydrogens (tertiary/aromatic N) is 2. The molecule has 11 heteroatoms. The van der Waals surface area contributed by atoms with Crippen molar-refractivity contribution >= 4 is 45.3 Å². The van der Waals surface area contributed by atoms with Gasteiger partial charge in [-0.2, -0.15) is 0 Å². The van der Waals surface area contributed by atoms with E-state index in [1.807, 2.05) is 45.9 Å². The summed E-state index contributed by atoms with van der Waals surface area (Å²) in [5.74, 6) is -3.38. The van der Waals surface area contributed by atoms with Crippen LogP contribution in [0.25, 0.3) is 0 Å². The van der Waals surface area contributed by atoms with Crippen molar-refractivity contribution < 1.29 is 33.8 Å². The van der Waals surface area contributed by atoms with E-state index in [2.05, 4.69) is 34.4 Å². The molecular weight excluding hydrogens is 654 g/mol. The van der Waals surface area contributed by atoms with E-state index in [9.17, 15) is 24.3 Å². The quantitative estimate of drug-likeness (QED) is 0.161. The number of halogens is 1. The van der Waals surface area contributed by atoms with Gasteiger partial charge >= 0.3 is 5.97 Å². The van der Waals surface area contributed by atoms with Crippen molar-refractivity contribution in [2.45, 2.75) is 95.0 Å². The molecule has 3 fully saturated rings. The van der Waals surface area contributed by atoms with Gasteiger partial charge in [-0.3, -0.25) is 19.2 Å². The van der Waals surface area contributed by atoms with Gasteiger partial charge in [-0.1, -0.05) is 54.1 Å². The first-order valence-electron chi connectivity index (χ1n) is 16.1. The fourth-order valence-corrected chi connectivity index (χ4v) is 8.26. The topological polar surface area (TPSA) is 125 Å². The number of likely N-dealkylation sites (tertiary alicyclic amines) is 1. The van der Waals surface area contributed by atoms with Crippen molar-refractivity contribution in [3.8, 4) is 0 Å². The number of hydrogen-bond donors (Lipinski definition) is 2. The highest BCUT2D eigenvalue weighted by molar-refractivity contribution is 9.09. The monoisotopic (exact) mass is 701 g/mol. The first kappa shape index (κ1) is 35.8. The number of allylic oxidation sites excluding steroid dienone is 1. The molecule has 2 N–H and O–H groups in total. The van der Waals surface area contributed by atoms with Crippen molar-refractivity contribution in [2.24, 2.45) is 17.8 Å². The molecule has 2 bridgehead atoms. The number of anilines is 1. The van der Waals surface area contributed by atoms with Crippen LogP contribution in [0.3, 0.4) is 0 Å². The number of rotatable bonds is 15. The lowest BCUT2D eigenvalue weighted by molar-refractivity contribution is -0.159. The Kier molecular flexibility index (Phi) is 11.5. The van der Waals surface area contributed by atoms with E-state index in [0.29, 0.717) is 24.9 Å². The largest absolute Gasteiger partial charge is 0.460 e. The third-order valence-corrected chi connectivity index (χ3v) is 10.1. The maximum Gasteiger partial charge on any atom is 0.312 e. The zero-order chi connectivity index (χ0) is 33.9. The number of benzene rings is 1. The number of fused-ring (bicyclic) bond motifs is 1. The second-order valence-corrected chi connectivity index (χ2v) is 14.5. The van der Waals surface area contributed by atoms with Gasteiger partial charge in [0.05, 0.1) is 37.1 Å². The summed E-state index contributed by atoms with van der Waals surface area (Å²) in [7, 11) is 0. The number of amides is 3. The van der Waals surface area contributed by atoms with E-state index in [1.165, 1.54) is 4.90 Å². The fraction of sp³-hybridized carbons (Fsp3) is 0.600. The highest BCUT2D eigenvalue weighted by Gasteiger charge is 2.77. The Labute approximate surface area is 280 Å². The molecule has 3 aliphatic heterocycles. The van der Waals surface area contributed by atoms with Crippen LogP contribution >= 0.6 is 15.9 Å². The summed E-state index contributed by atoms with van der Waals surface area (Å²) in [6.45, 7) is 17.0. The minimum absolute atomic E-state index is 0.113. The van der Waals surface area contributed by atoms with E-state index < -0.39 is 53.6 Å². The molecule has 0 aromatic heterocycles. The third-order valence-electron chi connectivity index (χ3n) is 9.29. The molecule has 1 unspecified atom stereocenters. The van der Waals surface area contributed by atoms with Crippen molar-refractivity contribution in [1.82, 2.24) is 10.2 Å². The summed E-state index contributed by atoms with van der Waals surface area (Å²) in [4.78, 5) is 58.3. The molecule has 252 valence electrons. The summed E-state index contributed by atoms with van der Waals surface area (Å²) < 4.78 is 12.5. The first-order valence-corrected chi connectivity index (χ1v) is 17.0. The van der Waals surface area contributed by atoms with Crippen LogP contribution in [0, 0.1) is 31.6 Å². The van der Waals surface area contributed by atoms with Crippen LogP contribution in [0.5, 0.6) is 0 Å². The molecule has 3 aliphatic rings. The maximum atomic E-state index is 14.9.